The zero-order valence-electron chi connectivity index (χ0n) is 17.1. The number of carbonyl (C=O) groups is 1. The van der Waals surface area contributed by atoms with Crippen molar-refractivity contribution < 1.29 is 9.53 Å². The van der Waals surface area contributed by atoms with Gasteiger partial charge in [0.1, 0.15) is 11.4 Å². The number of methoxy groups -OCH3 is 1. The van der Waals surface area contributed by atoms with E-state index in [1.54, 1.807) is 18.0 Å². The van der Waals surface area contributed by atoms with E-state index in [-0.39, 0.29) is 24.4 Å². The summed E-state index contributed by atoms with van der Waals surface area (Å²) in [5, 5.41) is 10.8. The summed E-state index contributed by atoms with van der Waals surface area (Å²) in [6, 6.07) is 15.8. The molecule has 6 nitrogen and oxygen atoms in total. The minimum absolute atomic E-state index is 0. The van der Waals surface area contributed by atoms with Crippen molar-refractivity contribution in [3.63, 3.8) is 0 Å². The summed E-state index contributed by atoms with van der Waals surface area (Å²) in [5.74, 6) is 0.566. The molecule has 0 radical (unpaired) electrons. The highest BCUT2D eigenvalue weighted by molar-refractivity contribution is 6.00. The normalized spacial score (nSPS) is 11.4. The Morgan fingerprint density at radius 2 is 1.93 bits per heavy atom. The molecule has 1 aromatic heterocycles. The average Bonchev–Trinajstić information content (AvgIpc) is 3.17. The second-order valence-electron chi connectivity index (χ2n) is 6.80. The number of nitrogens with zero attached hydrogens (tertiary/aromatic N) is 2. The maximum absolute atomic E-state index is 12.9. The number of carbonyl (C=O) groups excluding carboxylic acids is 1. The number of rotatable bonds is 7. The number of nitrogens with one attached hydrogen (secondary N) is 2. The van der Waals surface area contributed by atoms with Gasteiger partial charge in [-0.1, -0.05) is 29.8 Å². The van der Waals surface area contributed by atoms with Crippen LogP contribution in [0.15, 0.2) is 54.7 Å². The third-order valence-electron chi connectivity index (χ3n) is 4.66. The van der Waals surface area contributed by atoms with Gasteiger partial charge in [0.25, 0.3) is 5.91 Å². The van der Waals surface area contributed by atoms with Crippen LogP contribution in [0.5, 0.6) is 5.75 Å². The molecule has 0 aliphatic carbocycles. The summed E-state index contributed by atoms with van der Waals surface area (Å²) < 4.78 is 7.07. The van der Waals surface area contributed by atoms with Crippen LogP contribution in [-0.4, -0.2) is 42.4 Å². The van der Waals surface area contributed by atoms with E-state index in [0.29, 0.717) is 17.8 Å². The van der Waals surface area contributed by atoms with Crippen molar-refractivity contribution in [2.75, 3.05) is 20.7 Å². The van der Waals surface area contributed by atoms with E-state index in [1.165, 1.54) is 5.56 Å². The van der Waals surface area contributed by atoms with Crippen molar-refractivity contribution in [2.45, 2.75) is 19.9 Å². The van der Waals surface area contributed by atoms with Crippen molar-refractivity contribution in [2.24, 2.45) is 0 Å². The maximum Gasteiger partial charge on any atom is 0.255 e. The molecule has 0 fully saturated rings. The SMILES string of the molecule is CNC(C)CNC(=O)c1cn(-c2ccc(C)cc2)nc1-c1cccc(OC)c1.Cl. The molecule has 3 rings (SSSR count). The molecule has 0 saturated carbocycles. The van der Waals surface area contributed by atoms with Gasteiger partial charge in [-0.15, -0.1) is 12.4 Å². The van der Waals surface area contributed by atoms with Crippen LogP contribution in [-0.2, 0) is 0 Å². The topological polar surface area (TPSA) is 68.2 Å². The van der Waals surface area contributed by atoms with Crippen LogP contribution in [0, 0.1) is 6.92 Å². The third kappa shape index (κ3) is 5.37. The van der Waals surface area contributed by atoms with Gasteiger partial charge in [0.2, 0.25) is 0 Å². The number of halogens is 1. The standard InChI is InChI=1S/C22H26N4O2.ClH/c1-15-8-10-18(11-9-15)26-14-20(22(27)24-13-16(2)23-3)21(25-26)17-6-5-7-19(12-17)28-4;/h5-12,14,16,23H,13H2,1-4H3,(H,24,27);1H. The smallest absolute Gasteiger partial charge is 0.255 e. The Hall–Kier alpha value is -2.83. The molecule has 0 aliphatic rings. The Bertz CT molecular complexity index is 954. The predicted octanol–water partition coefficient (Wildman–Crippen LogP) is 3.62. The van der Waals surface area contributed by atoms with Crippen LogP contribution in [0.25, 0.3) is 16.9 Å². The molecule has 2 aromatic carbocycles. The van der Waals surface area contributed by atoms with Crippen molar-refractivity contribution in [3.05, 3.63) is 65.9 Å². The molecular formula is C22H27ClN4O2. The summed E-state index contributed by atoms with van der Waals surface area (Å²) in [6.07, 6.45) is 1.78. The van der Waals surface area contributed by atoms with Gasteiger partial charge in [0.15, 0.2) is 0 Å². The molecule has 1 amide bonds. The fraction of sp³-hybridized carbons (Fsp3) is 0.273. The van der Waals surface area contributed by atoms with E-state index >= 15 is 0 Å². The molecule has 0 aliphatic heterocycles. The average molecular weight is 415 g/mol. The van der Waals surface area contributed by atoms with Crippen LogP contribution in [0.1, 0.15) is 22.8 Å². The molecule has 3 aromatic rings. The van der Waals surface area contributed by atoms with Crippen LogP contribution < -0.4 is 15.4 Å². The van der Waals surface area contributed by atoms with Crippen LogP contribution in [0.3, 0.4) is 0 Å². The monoisotopic (exact) mass is 414 g/mol. The molecule has 1 heterocycles. The molecule has 29 heavy (non-hydrogen) atoms. The molecule has 1 unspecified atom stereocenters. The van der Waals surface area contributed by atoms with E-state index < -0.39 is 0 Å². The molecule has 0 spiro atoms. The molecule has 1 atom stereocenters. The zero-order valence-corrected chi connectivity index (χ0v) is 17.9. The maximum atomic E-state index is 12.9. The van der Waals surface area contributed by atoms with Crippen molar-refractivity contribution >= 4 is 18.3 Å². The highest BCUT2D eigenvalue weighted by Crippen LogP contribution is 2.27. The van der Waals surface area contributed by atoms with Gasteiger partial charge < -0.3 is 15.4 Å². The molecule has 0 bridgehead atoms. The minimum atomic E-state index is -0.154. The van der Waals surface area contributed by atoms with Gasteiger partial charge in [0, 0.05) is 24.3 Å². The fourth-order valence-electron chi connectivity index (χ4n) is 2.80. The predicted molar refractivity (Wildman–Crippen MR) is 118 cm³/mol. The van der Waals surface area contributed by atoms with E-state index in [1.807, 2.05) is 69.4 Å². The van der Waals surface area contributed by atoms with Gasteiger partial charge in [-0.05, 0) is 45.2 Å². The van der Waals surface area contributed by atoms with E-state index in [0.717, 1.165) is 17.0 Å². The van der Waals surface area contributed by atoms with Crippen LogP contribution >= 0.6 is 12.4 Å². The second-order valence-corrected chi connectivity index (χ2v) is 6.80. The third-order valence-corrected chi connectivity index (χ3v) is 4.66. The number of amides is 1. The van der Waals surface area contributed by atoms with Gasteiger partial charge in [-0.2, -0.15) is 5.10 Å². The summed E-state index contributed by atoms with van der Waals surface area (Å²) in [5.41, 5.74) is 4.04. The molecular weight excluding hydrogens is 388 g/mol. The van der Waals surface area contributed by atoms with Crippen molar-refractivity contribution in [1.29, 1.82) is 0 Å². The largest absolute Gasteiger partial charge is 0.497 e. The number of aromatic nitrogens is 2. The number of hydrogen-bond donors (Lipinski definition) is 2. The second kappa shape index (κ2) is 10.1. The molecule has 2 N–H and O–H groups in total. The number of likely N-dealkylation sites (N-methyl/N-ethyl adjacent to an activating group) is 1. The lowest BCUT2D eigenvalue weighted by atomic mass is 10.1. The number of ether oxygens (including phenoxy) is 1. The van der Waals surface area contributed by atoms with Crippen molar-refractivity contribution in [3.8, 4) is 22.7 Å². The van der Waals surface area contributed by atoms with Gasteiger partial charge >= 0.3 is 0 Å². The summed E-state index contributed by atoms with van der Waals surface area (Å²) in [6.45, 7) is 4.58. The zero-order chi connectivity index (χ0) is 20.1. The van der Waals surface area contributed by atoms with E-state index in [9.17, 15) is 4.79 Å². The Kier molecular flexibility index (Phi) is 7.82. The first-order valence-corrected chi connectivity index (χ1v) is 9.28. The van der Waals surface area contributed by atoms with E-state index in [4.69, 9.17) is 9.84 Å². The highest BCUT2D eigenvalue weighted by Gasteiger charge is 2.19. The Balaban J connectivity index is 0.00000300. The van der Waals surface area contributed by atoms with Crippen molar-refractivity contribution in [1.82, 2.24) is 20.4 Å². The first kappa shape index (κ1) is 22.5. The van der Waals surface area contributed by atoms with Crippen LogP contribution in [0.2, 0.25) is 0 Å². The Labute approximate surface area is 177 Å². The summed E-state index contributed by atoms with van der Waals surface area (Å²) >= 11 is 0. The van der Waals surface area contributed by atoms with Gasteiger partial charge in [-0.25, -0.2) is 4.68 Å². The van der Waals surface area contributed by atoms with Gasteiger partial charge in [-0.3, -0.25) is 4.79 Å². The number of hydrogen-bond acceptors (Lipinski definition) is 4. The fourth-order valence-corrected chi connectivity index (χ4v) is 2.80. The molecule has 154 valence electrons. The lowest BCUT2D eigenvalue weighted by molar-refractivity contribution is 0.0951. The summed E-state index contributed by atoms with van der Waals surface area (Å²) in [4.78, 5) is 12.9. The molecule has 7 heteroatoms. The molecule has 0 saturated heterocycles. The number of aryl methyl sites for hydroxylation is 1. The minimum Gasteiger partial charge on any atom is -0.497 e. The lowest BCUT2D eigenvalue weighted by Crippen LogP contribution is -2.37. The Morgan fingerprint density at radius 3 is 2.59 bits per heavy atom. The van der Waals surface area contributed by atoms with E-state index in [2.05, 4.69) is 10.6 Å². The van der Waals surface area contributed by atoms with Gasteiger partial charge in [0.05, 0.1) is 18.4 Å². The first-order valence-electron chi connectivity index (χ1n) is 9.28. The van der Waals surface area contributed by atoms with Crippen LogP contribution in [0.4, 0.5) is 0 Å². The first-order chi connectivity index (χ1) is 13.5. The Morgan fingerprint density at radius 1 is 1.21 bits per heavy atom. The quantitative estimate of drug-likeness (QED) is 0.619. The summed E-state index contributed by atoms with van der Waals surface area (Å²) in [7, 11) is 3.49. The highest BCUT2D eigenvalue weighted by atomic mass is 35.5. The number of benzene rings is 2. The lowest BCUT2D eigenvalue weighted by Gasteiger charge is -2.11.